The van der Waals surface area contributed by atoms with Crippen LogP contribution in [0.25, 0.3) is 0 Å². The van der Waals surface area contributed by atoms with Crippen LogP contribution in [0.1, 0.15) is 21.5 Å². The van der Waals surface area contributed by atoms with Crippen LogP contribution in [-0.2, 0) is 9.54 Å². The highest BCUT2D eigenvalue weighted by Crippen LogP contribution is 2.45. The second-order valence-corrected chi connectivity index (χ2v) is 7.60. The van der Waals surface area contributed by atoms with Crippen molar-refractivity contribution in [2.45, 2.75) is 10.8 Å². The van der Waals surface area contributed by atoms with Crippen molar-refractivity contribution in [1.82, 2.24) is 0 Å². The van der Waals surface area contributed by atoms with Crippen LogP contribution >= 0.6 is 11.8 Å². The van der Waals surface area contributed by atoms with Crippen LogP contribution in [0.3, 0.4) is 0 Å². The van der Waals surface area contributed by atoms with Crippen LogP contribution in [0, 0.1) is 0 Å². The summed E-state index contributed by atoms with van der Waals surface area (Å²) in [6, 6.07) is 26.9. The Morgan fingerprint density at radius 1 is 0.821 bits per heavy atom. The van der Waals surface area contributed by atoms with Crippen LogP contribution in [0.15, 0.2) is 91.0 Å². The van der Waals surface area contributed by atoms with Gasteiger partial charge in [0, 0.05) is 11.3 Å². The number of carbonyl (C=O) groups is 2. The molecule has 1 atom stereocenters. The fourth-order valence-electron chi connectivity index (χ4n) is 3.09. The predicted octanol–water partition coefficient (Wildman–Crippen LogP) is 3.96. The summed E-state index contributed by atoms with van der Waals surface area (Å²) in [4.78, 5) is 25.1. The van der Waals surface area contributed by atoms with E-state index in [1.807, 2.05) is 78.9 Å². The van der Waals surface area contributed by atoms with Crippen molar-refractivity contribution in [3.63, 3.8) is 0 Å². The van der Waals surface area contributed by atoms with Crippen molar-refractivity contribution in [3.8, 4) is 0 Å². The number of hydrogen-bond donors (Lipinski definition) is 2. The molecule has 0 unspecified atom stereocenters. The maximum atomic E-state index is 13.8. The highest BCUT2D eigenvalue weighted by atomic mass is 32.2. The molecule has 0 aliphatic carbocycles. The predicted molar refractivity (Wildman–Crippen MR) is 113 cm³/mol. The number of rotatable bonds is 8. The molecule has 0 amide bonds. The maximum absolute atomic E-state index is 13.8. The van der Waals surface area contributed by atoms with Crippen molar-refractivity contribution >= 4 is 23.5 Å². The SMILES string of the molecule is N[C@@H](CSC(C(=O)c1ccccc1)(c1ccccc1)c1ccccc1)C(=O)O. The minimum Gasteiger partial charge on any atom is -0.480 e. The Morgan fingerprint density at radius 2 is 1.25 bits per heavy atom. The first-order valence-corrected chi connectivity index (χ1v) is 9.87. The lowest BCUT2D eigenvalue weighted by molar-refractivity contribution is -0.137. The van der Waals surface area contributed by atoms with Gasteiger partial charge in [-0.1, -0.05) is 91.0 Å². The lowest BCUT2D eigenvalue weighted by Crippen LogP contribution is -2.39. The van der Waals surface area contributed by atoms with Gasteiger partial charge >= 0.3 is 5.97 Å². The van der Waals surface area contributed by atoms with Crippen molar-refractivity contribution in [1.29, 1.82) is 0 Å². The summed E-state index contributed by atoms with van der Waals surface area (Å²) >= 11 is 1.26. The van der Waals surface area contributed by atoms with E-state index in [4.69, 9.17) is 5.73 Å². The van der Waals surface area contributed by atoms with Gasteiger partial charge in [0.25, 0.3) is 0 Å². The normalized spacial score (nSPS) is 12.3. The van der Waals surface area contributed by atoms with Gasteiger partial charge in [0.1, 0.15) is 10.8 Å². The summed E-state index contributed by atoms with van der Waals surface area (Å²) in [5.74, 6) is -1.10. The zero-order valence-corrected chi connectivity index (χ0v) is 16.0. The number of Topliss-reactive ketones (excluding diaryl/α,β-unsaturated/α-hetero) is 1. The van der Waals surface area contributed by atoms with E-state index >= 15 is 0 Å². The fraction of sp³-hybridized carbons (Fsp3) is 0.130. The topological polar surface area (TPSA) is 80.4 Å². The highest BCUT2D eigenvalue weighted by molar-refractivity contribution is 8.01. The van der Waals surface area contributed by atoms with E-state index in [0.717, 1.165) is 11.1 Å². The third kappa shape index (κ3) is 4.01. The molecule has 0 saturated heterocycles. The first-order chi connectivity index (χ1) is 13.6. The van der Waals surface area contributed by atoms with Crippen LogP contribution in [0.5, 0.6) is 0 Å². The fourth-order valence-corrected chi connectivity index (χ4v) is 4.51. The van der Waals surface area contributed by atoms with E-state index in [9.17, 15) is 14.7 Å². The first kappa shape index (κ1) is 19.9. The van der Waals surface area contributed by atoms with Gasteiger partial charge in [-0.3, -0.25) is 9.59 Å². The molecule has 3 N–H and O–H groups in total. The van der Waals surface area contributed by atoms with Crippen molar-refractivity contribution < 1.29 is 14.7 Å². The average molecular weight is 391 g/mol. The molecule has 4 nitrogen and oxygen atoms in total. The van der Waals surface area contributed by atoms with Crippen molar-refractivity contribution in [2.24, 2.45) is 5.73 Å². The Kier molecular flexibility index (Phi) is 6.29. The van der Waals surface area contributed by atoms with E-state index in [2.05, 4.69) is 0 Å². The van der Waals surface area contributed by atoms with Gasteiger partial charge in [-0.25, -0.2) is 0 Å². The molecule has 0 bridgehead atoms. The van der Waals surface area contributed by atoms with Gasteiger partial charge < -0.3 is 10.8 Å². The number of nitrogens with two attached hydrogens (primary N) is 1. The number of benzene rings is 3. The van der Waals surface area contributed by atoms with Crippen LogP contribution < -0.4 is 5.73 Å². The van der Waals surface area contributed by atoms with Gasteiger partial charge in [0.2, 0.25) is 0 Å². The second-order valence-electron chi connectivity index (χ2n) is 6.36. The van der Waals surface area contributed by atoms with Gasteiger partial charge in [-0.2, -0.15) is 0 Å². The van der Waals surface area contributed by atoms with Crippen LogP contribution in [0.4, 0.5) is 0 Å². The maximum Gasteiger partial charge on any atom is 0.321 e. The molecule has 0 spiro atoms. The number of ketones is 1. The van der Waals surface area contributed by atoms with Crippen LogP contribution in [-0.4, -0.2) is 28.7 Å². The van der Waals surface area contributed by atoms with E-state index in [-0.39, 0.29) is 11.5 Å². The minimum absolute atomic E-state index is 0.0949. The zero-order chi connectivity index (χ0) is 20.0. The van der Waals surface area contributed by atoms with E-state index in [1.165, 1.54) is 11.8 Å². The van der Waals surface area contributed by atoms with E-state index in [1.54, 1.807) is 12.1 Å². The van der Waals surface area contributed by atoms with E-state index in [0.29, 0.717) is 5.56 Å². The first-order valence-electron chi connectivity index (χ1n) is 8.89. The Balaban J connectivity index is 2.20. The van der Waals surface area contributed by atoms with Gasteiger partial charge in [-0.05, 0) is 11.1 Å². The standard InChI is InChI=1S/C23H21NO3S/c24-20(22(26)27)16-28-23(18-12-6-2-7-13-18,19-14-8-3-9-15-19)21(25)17-10-4-1-5-11-17/h1-15,20H,16,24H2,(H,26,27)/t20-/m0/s1. The molecular weight excluding hydrogens is 370 g/mol. The molecule has 0 aliphatic rings. The Hall–Kier alpha value is -2.89. The van der Waals surface area contributed by atoms with Crippen molar-refractivity contribution in [2.75, 3.05) is 5.75 Å². The smallest absolute Gasteiger partial charge is 0.321 e. The zero-order valence-electron chi connectivity index (χ0n) is 15.2. The number of thioether (sulfide) groups is 1. The lowest BCUT2D eigenvalue weighted by atomic mass is 9.83. The molecule has 3 aromatic carbocycles. The molecule has 3 rings (SSSR count). The Bertz CT molecular complexity index is 890. The Labute approximate surface area is 168 Å². The van der Waals surface area contributed by atoms with Gasteiger partial charge in [0.15, 0.2) is 5.78 Å². The third-order valence-electron chi connectivity index (χ3n) is 4.51. The van der Waals surface area contributed by atoms with Gasteiger partial charge in [-0.15, -0.1) is 11.8 Å². The molecule has 28 heavy (non-hydrogen) atoms. The molecule has 0 aliphatic heterocycles. The largest absolute Gasteiger partial charge is 0.480 e. The number of carbonyl (C=O) groups excluding carboxylic acids is 1. The summed E-state index contributed by atoms with van der Waals surface area (Å²) in [6.45, 7) is 0. The average Bonchev–Trinajstić information content (AvgIpc) is 2.76. The molecule has 0 radical (unpaired) electrons. The molecule has 0 saturated carbocycles. The monoisotopic (exact) mass is 391 g/mol. The molecule has 0 heterocycles. The summed E-state index contributed by atoms with van der Waals surface area (Å²) in [5, 5.41) is 9.25. The van der Waals surface area contributed by atoms with Gasteiger partial charge in [0.05, 0.1) is 0 Å². The van der Waals surface area contributed by atoms with Crippen LogP contribution in [0.2, 0.25) is 0 Å². The summed E-state index contributed by atoms with van der Waals surface area (Å²) < 4.78 is -1.10. The summed E-state index contributed by atoms with van der Waals surface area (Å²) in [5.41, 5.74) is 7.93. The summed E-state index contributed by atoms with van der Waals surface area (Å²) in [6.07, 6.45) is 0. The second kappa shape index (κ2) is 8.87. The summed E-state index contributed by atoms with van der Waals surface area (Å²) in [7, 11) is 0. The third-order valence-corrected chi connectivity index (χ3v) is 6.13. The molecule has 142 valence electrons. The quantitative estimate of drug-likeness (QED) is 0.568. The highest BCUT2D eigenvalue weighted by Gasteiger charge is 2.43. The number of carboxylic acids is 1. The molecule has 3 aromatic rings. The van der Waals surface area contributed by atoms with Crippen molar-refractivity contribution in [3.05, 3.63) is 108 Å². The Morgan fingerprint density at radius 3 is 1.68 bits per heavy atom. The molecular formula is C23H21NO3S. The van der Waals surface area contributed by atoms with E-state index < -0.39 is 16.8 Å². The minimum atomic E-state index is -1.10. The molecule has 0 aromatic heterocycles. The number of hydrogen-bond acceptors (Lipinski definition) is 4. The lowest BCUT2D eigenvalue weighted by Gasteiger charge is -2.34. The molecule has 0 fully saturated rings. The number of carboxylic acid groups (broad SMARTS) is 1. The number of aliphatic carboxylic acids is 1. The molecule has 5 heteroatoms.